The molecule has 1 aromatic carbocycles. The van der Waals surface area contributed by atoms with Crippen molar-refractivity contribution >= 4 is 17.5 Å². The molecule has 1 N–H and O–H groups in total. The molecule has 1 amide bonds. The molecule has 0 bridgehead atoms. The average Bonchev–Trinajstić information content (AvgIpc) is 2.87. The van der Waals surface area contributed by atoms with Crippen molar-refractivity contribution in [3.8, 4) is 0 Å². The molecule has 6 heteroatoms. The monoisotopic (exact) mass is 282 g/mol. The zero-order chi connectivity index (χ0) is 13.8. The summed E-state index contributed by atoms with van der Waals surface area (Å²) >= 11 is 5.72. The van der Waals surface area contributed by atoms with Crippen molar-refractivity contribution in [1.82, 2.24) is 10.3 Å². The fraction of sp³-hybridized carbons (Fsp3) is 0.231. The standard InChI is InChI=1S/C13H12ClFN2O2/c1-2-9-6-16-12(19-9)7-17-13(18)10-5-8(14)3-4-11(10)15/h3-6H,2,7H2,1H3,(H,17,18). The van der Waals surface area contributed by atoms with Gasteiger partial charge in [-0.2, -0.15) is 0 Å². The number of aryl methyl sites for hydroxylation is 1. The summed E-state index contributed by atoms with van der Waals surface area (Å²) in [7, 11) is 0. The maximum atomic E-state index is 13.4. The Morgan fingerprint density at radius 3 is 3.00 bits per heavy atom. The molecule has 4 nitrogen and oxygen atoms in total. The smallest absolute Gasteiger partial charge is 0.254 e. The van der Waals surface area contributed by atoms with Crippen molar-refractivity contribution < 1.29 is 13.6 Å². The van der Waals surface area contributed by atoms with E-state index in [1.54, 1.807) is 6.20 Å². The Kier molecular flexibility index (Phi) is 4.16. The number of carbonyl (C=O) groups excluding carboxylic acids is 1. The van der Waals surface area contributed by atoms with Gasteiger partial charge in [0.05, 0.1) is 18.3 Å². The van der Waals surface area contributed by atoms with E-state index < -0.39 is 11.7 Å². The van der Waals surface area contributed by atoms with Crippen LogP contribution >= 0.6 is 11.6 Å². The van der Waals surface area contributed by atoms with Crippen molar-refractivity contribution in [1.29, 1.82) is 0 Å². The van der Waals surface area contributed by atoms with Crippen LogP contribution in [0.2, 0.25) is 5.02 Å². The van der Waals surface area contributed by atoms with E-state index in [2.05, 4.69) is 10.3 Å². The number of nitrogens with zero attached hydrogens (tertiary/aromatic N) is 1. The van der Waals surface area contributed by atoms with Crippen LogP contribution in [-0.4, -0.2) is 10.9 Å². The Bertz CT molecular complexity index is 598. The van der Waals surface area contributed by atoms with Crippen LogP contribution in [0.5, 0.6) is 0 Å². The first kappa shape index (κ1) is 13.5. The van der Waals surface area contributed by atoms with Crippen molar-refractivity contribution in [3.05, 3.63) is 52.5 Å². The van der Waals surface area contributed by atoms with E-state index in [1.165, 1.54) is 12.1 Å². The van der Waals surface area contributed by atoms with Gasteiger partial charge < -0.3 is 9.73 Å². The summed E-state index contributed by atoms with van der Waals surface area (Å²) in [6.07, 6.45) is 2.32. The molecule has 0 saturated heterocycles. The lowest BCUT2D eigenvalue weighted by Crippen LogP contribution is -2.24. The maximum absolute atomic E-state index is 13.4. The first-order chi connectivity index (χ1) is 9.10. The molecule has 0 spiro atoms. The van der Waals surface area contributed by atoms with Gasteiger partial charge in [-0.05, 0) is 18.2 Å². The second-order valence-corrected chi connectivity index (χ2v) is 4.32. The normalized spacial score (nSPS) is 10.5. The quantitative estimate of drug-likeness (QED) is 0.938. The van der Waals surface area contributed by atoms with Gasteiger partial charge in [0.2, 0.25) is 5.89 Å². The Morgan fingerprint density at radius 2 is 2.32 bits per heavy atom. The molecule has 0 fully saturated rings. The lowest BCUT2D eigenvalue weighted by Gasteiger charge is -2.04. The summed E-state index contributed by atoms with van der Waals surface area (Å²) in [5.41, 5.74) is -0.102. The largest absolute Gasteiger partial charge is 0.444 e. The number of halogens is 2. The highest BCUT2D eigenvalue weighted by Gasteiger charge is 2.13. The molecule has 0 saturated carbocycles. The fourth-order valence-electron chi connectivity index (χ4n) is 1.52. The van der Waals surface area contributed by atoms with Crippen LogP contribution in [-0.2, 0) is 13.0 Å². The van der Waals surface area contributed by atoms with E-state index in [0.29, 0.717) is 10.9 Å². The van der Waals surface area contributed by atoms with Gasteiger partial charge in [0.15, 0.2) is 0 Å². The Hall–Kier alpha value is -1.88. The third kappa shape index (κ3) is 3.32. The number of carbonyl (C=O) groups is 1. The molecule has 19 heavy (non-hydrogen) atoms. The summed E-state index contributed by atoms with van der Waals surface area (Å²) in [6, 6.07) is 3.81. The topological polar surface area (TPSA) is 55.1 Å². The first-order valence-electron chi connectivity index (χ1n) is 5.77. The third-order valence-corrected chi connectivity index (χ3v) is 2.76. The molecular weight excluding hydrogens is 271 g/mol. The van der Waals surface area contributed by atoms with Crippen LogP contribution in [0, 0.1) is 5.82 Å². The molecule has 1 heterocycles. The van der Waals surface area contributed by atoms with E-state index in [-0.39, 0.29) is 12.1 Å². The lowest BCUT2D eigenvalue weighted by molar-refractivity contribution is 0.0943. The molecule has 100 valence electrons. The van der Waals surface area contributed by atoms with E-state index in [1.807, 2.05) is 6.92 Å². The van der Waals surface area contributed by atoms with Crippen LogP contribution in [0.4, 0.5) is 4.39 Å². The van der Waals surface area contributed by atoms with E-state index >= 15 is 0 Å². The SMILES string of the molecule is CCc1cnc(CNC(=O)c2cc(Cl)ccc2F)o1. The van der Waals surface area contributed by atoms with Gasteiger partial charge >= 0.3 is 0 Å². The molecule has 0 aliphatic rings. The Morgan fingerprint density at radius 1 is 1.53 bits per heavy atom. The summed E-state index contributed by atoms with van der Waals surface area (Å²) in [6.45, 7) is 2.04. The predicted octanol–water partition coefficient (Wildman–Crippen LogP) is 2.96. The maximum Gasteiger partial charge on any atom is 0.254 e. The number of benzene rings is 1. The van der Waals surface area contributed by atoms with E-state index in [4.69, 9.17) is 16.0 Å². The highest BCUT2D eigenvalue weighted by atomic mass is 35.5. The minimum absolute atomic E-state index is 0.102. The van der Waals surface area contributed by atoms with Gasteiger partial charge in [0.1, 0.15) is 11.6 Å². The van der Waals surface area contributed by atoms with Crippen LogP contribution in [0.15, 0.2) is 28.8 Å². The van der Waals surface area contributed by atoms with Crippen LogP contribution in [0.1, 0.15) is 28.9 Å². The summed E-state index contributed by atoms with van der Waals surface area (Å²) < 4.78 is 18.8. The van der Waals surface area contributed by atoms with Crippen molar-refractivity contribution in [2.45, 2.75) is 19.9 Å². The number of hydrogen-bond acceptors (Lipinski definition) is 3. The highest BCUT2D eigenvalue weighted by Crippen LogP contribution is 2.15. The zero-order valence-corrected chi connectivity index (χ0v) is 11.0. The number of rotatable bonds is 4. The number of amides is 1. The van der Waals surface area contributed by atoms with E-state index in [0.717, 1.165) is 18.2 Å². The van der Waals surface area contributed by atoms with Gasteiger partial charge in [-0.1, -0.05) is 18.5 Å². The number of hydrogen-bond donors (Lipinski definition) is 1. The summed E-state index contributed by atoms with van der Waals surface area (Å²) in [4.78, 5) is 15.8. The van der Waals surface area contributed by atoms with E-state index in [9.17, 15) is 9.18 Å². The number of oxazole rings is 1. The van der Waals surface area contributed by atoms with Gasteiger partial charge in [0, 0.05) is 11.4 Å². The number of aromatic nitrogens is 1. The molecule has 0 radical (unpaired) electrons. The van der Waals surface area contributed by atoms with Crippen LogP contribution in [0.3, 0.4) is 0 Å². The third-order valence-electron chi connectivity index (χ3n) is 2.52. The molecular formula is C13H12ClFN2O2. The second kappa shape index (κ2) is 5.84. The van der Waals surface area contributed by atoms with Crippen molar-refractivity contribution in [2.75, 3.05) is 0 Å². The highest BCUT2D eigenvalue weighted by molar-refractivity contribution is 6.30. The summed E-state index contributed by atoms with van der Waals surface area (Å²) in [5.74, 6) is -0.0642. The minimum atomic E-state index is -0.622. The molecule has 2 aromatic rings. The van der Waals surface area contributed by atoms with Gasteiger partial charge in [-0.15, -0.1) is 0 Å². The Labute approximate surface area is 114 Å². The number of nitrogens with one attached hydrogen (secondary N) is 1. The molecule has 0 aliphatic carbocycles. The van der Waals surface area contributed by atoms with Gasteiger partial charge in [0.25, 0.3) is 5.91 Å². The Balaban J connectivity index is 2.03. The molecule has 1 aromatic heterocycles. The van der Waals surface area contributed by atoms with Gasteiger partial charge in [-0.25, -0.2) is 9.37 Å². The van der Waals surface area contributed by atoms with Crippen LogP contribution in [0.25, 0.3) is 0 Å². The van der Waals surface area contributed by atoms with Crippen LogP contribution < -0.4 is 5.32 Å². The molecule has 0 atom stereocenters. The summed E-state index contributed by atoms with van der Waals surface area (Å²) in [5, 5.41) is 2.83. The van der Waals surface area contributed by atoms with Crippen molar-refractivity contribution in [2.24, 2.45) is 0 Å². The zero-order valence-electron chi connectivity index (χ0n) is 10.2. The molecule has 0 unspecified atom stereocenters. The minimum Gasteiger partial charge on any atom is -0.444 e. The molecule has 0 aliphatic heterocycles. The molecule has 2 rings (SSSR count). The predicted molar refractivity (Wildman–Crippen MR) is 68.5 cm³/mol. The lowest BCUT2D eigenvalue weighted by atomic mass is 10.2. The fourth-order valence-corrected chi connectivity index (χ4v) is 1.69. The van der Waals surface area contributed by atoms with Gasteiger partial charge in [-0.3, -0.25) is 4.79 Å². The average molecular weight is 283 g/mol. The van der Waals surface area contributed by atoms with Crippen molar-refractivity contribution in [3.63, 3.8) is 0 Å². The first-order valence-corrected chi connectivity index (χ1v) is 6.14. The second-order valence-electron chi connectivity index (χ2n) is 3.88.